The van der Waals surface area contributed by atoms with Gasteiger partial charge in [0.2, 0.25) is 0 Å². The number of benzene rings is 2. The lowest BCUT2D eigenvalue weighted by molar-refractivity contribution is 0.193. The van der Waals surface area contributed by atoms with Gasteiger partial charge in [-0.2, -0.15) is 0 Å². The highest BCUT2D eigenvalue weighted by Gasteiger charge is 2.26. The first-order valence-electron chi connectivity index (χ1n) is 7.96. The zero-order valence-corrected chi connectivity index (χ0v) is 13.2. The van der Waals surface area contributed by atoms with Gasteiger partial charge in [-0.05, 0) is 36.6 Å². The number of anilines is 1. The van der Waals surface area contributed by atoms with Crippen LogP contribution in [0.5, 0.6) is 11.5 Å². The molecule has 1 unspecified atom stereocenters. The number of rotatable bonds is 4. The minimum absolute atomic E-state index is 0.143. The molecule has 1 atom stereocenters. The largest absolute Gasteiger partial charge is 0.508 e. The van der Waals surface area contributed by atoms with Crippen LogP contribution >= 0.6 is 0 Å². The molecule has 0 radical (unpaired) electrons. The average Bonchev–Trinajstić information content (AvgIpc) is 2.51. The zero-order valence-electron chi connectivity index (χ0n) is 13.2. The predicted molar refractivity (Wildman–Crippen MR) is 89.9 cm³/mol. The van der Waals surface area contributed by atoms with Gasteiger partial charge < -0.3 is 14.7 Å². The van der Waals surface area contributed by atoms with Crippen LogP contribution < -0.4 is 9.64 Å². The molecule has 0 amide bonds. The number of aryl methyl sites for hydroxylation is 1. The van der Waals surface area contributed by atoms with E-state index in [1.54, 1.807) is 12.1 Å². The molecule has 2 aromatic rings. The summed E-state index contributed by atoms with van der Waals surface area (Å²) in [6.45, 7) is 6.16. The van der Waals surface area contributed by atoms with E-state index in [4.69, 9.17) is 4.74 Å². The van der Waals surface area contributed by atoms with E-state index in [1.807, 2.05) is 6.07 Å². The first-order valence-corrected chi connectivity index (χ1v) is 7.96. The maximum atomic E-state index is 9.73. The Bertz CT molecular complexity index is 654. The molecule has 1 aliphatic heterocycles. The summed E-state index contributed by atoms with van der Waals surface area (Å²) in [5.41, 5.74) is 3.65. The first kappa shape index (κ1) is 14.8. The van der Waals surface area contributed by atoms with Gasteiger partial charge in [0.15, 0.2) is 0 Å². The highest BCUT2D eigenvalue weighted by atomic mass is 16.5. The van der Waals surface area contributed by atoms with Crippen LogP contribution in [0.2, 0.25) is 0 Å². The minimum Gasteiger partial charge on any atom is -0.508 e. The lowest BCUT2D eigenvalue weighted by atomic mass is 10.0. The van der Waals surface area contributed by atoms with Crippen molar-refractivity contribution in [2.45, 2.75) is 32.8 Å². The molecule has 3 heteroatoms. The van der Waals surface area contributed by atoms with Gasteiger partial charge in [0.1, 0.15) is 17.6 Å². The van der Waals surface area contributed by atoms with Crippen molar-refractivity contribution < 1.29 is 9.84 Å². The van der Waals surface area contributed by atoms with Crippen LogP contribution in [0, 0.1) is 6.92 Å². The Hall–Kier alpha value is -2.16. The summed E-state index contributed by atoms with van der Waals surface area (Å²) in [4.78, 5) is 2.32. The summed E-state index contributed by atoms with van der Waals surface area (Å²) >= 11 is 0. The third kappa shape index (κ3) is 3.03. The van der Waals surface area contributed by atoms with Gasteiger partial charge in [0.25, 0.3) is 0 Å². The van der Waals surface area contributed by atoms with Gasteiger partial charge >= 0.3 is 0 Å². The lowest BCUT2D eigenvalue weighted by Crippen LogP contribution is -2.41. The number of phenols is 1. The third-order valence-corrected chi connectivity index (χ3v) is 4.20. The summed E-state index contributed by atoms with van der Waals surface area (Å²) < 4.78 is 6.17. The molecule has 0 spiro atoms. The van der Waals surface area contributed by atoms with E-state index in [-0.39, 0.29) is 6.10 Å². The summed E-state index contributed by atoms with van der Waals surface area (Å²) in [7, 11) is 0. The van der Waals surface area contributed by atoms with Crippen LogP contribution in [-0.4, -0.2) is 24.3 Å². The van der Waals surface area contributed by atoms with E-state index in [0.717, 1.165) is 37.4 Å². The van der Waals surface area contributed by atoms with E-state index in [9.17, 15) is 5.11 Å². The van der Waals surface area contributed by atoms with Crippen LogP contribution in [0.15, 0.2) is 42.5 Å². The molecule has 0 bridgehead atoms. The number of phenolic OH excluding ortho intramolecular Hbond substituents is 1. The monoisotopic (exact) mass is 297 g/mol. The number of ether oxygens (including phenoxy) is 1. The summed E-state index contributed by atoms with van der Waals surface area (Å²) in [6.07, 6.45) is 2.13. The molecule has 0 saturated heterocycles. The Labute approximate surface area is 132 Å². The smallest absolute Gasteiger partial charge is 0.143 e. The second kappa shape index (κ2) is 6.30. The van der Waals surface area contributed by atoms with Crippen molar-refractivity contribution in [2.24, 2.45) is 0 Å². The van der Waals surface area contributed by atoms with Crippen molar-refractivity contribution in [3.63, 3.8) is 0 Å². The number of fused-ring (bicyclic) bond motifs is 1. The van der Waals surface area contributed by atoms with Crippen LogP contribution in [-0.2, 0) is 6.42 Å². The minimum atomic E-state index is 0.143. The third-order valence-electron chi connectivity index (χ3n) is 4.20. The van der Waals surface area contributed by atoms with Gasteiger partial charge in [-0.25, -0.2) is 0 Å². The molecule has 0 aromatic heterocycles. The molecule has 2 aromatic carbocycles. The predicted octanol–water partition coefficient (Wildman–Crippen LogP) is 3.92. The topological polar surface area (TPSA) is 32.7 Å². The van der Waals surface area contributed by atoms with Crippen molar-refractivity contribution in [1.29, 1.82) is 0 Å². The molecule has 0 fully saturated rings. The molecule has 116 valence electrons. The van der Waals surface area contributed by atoms with Crippen molar-refractivity contribution in [3.05, 3.63) is 53.6 Å². The number of nitrogens with zero attached hydrogens (tertiary/aromatic N) is 1. The summed E-state index contributed by atoms with van der Waals surface area (Å²) in [5.74, 6) is 1.16. The Morgan fingerprint density at radius 2 is 2.05 bits per heavy atom. The van der Waals surface area contributed by atoms with Gasteiger partial charge in [-0.1, -0.05) is 31.2 Å². The van der Waals surface area contributed by atoms with E-state index in [1.165, 1.54) is 11.1 Å². The van der Waals surface area contributed by atoms with E-state index >= 15 is 0 Å². The molecular weight excluding hydrogens is 274 g/mol. The molecule has 1 heterocycles. The van der Waals surface area contributed by atoms with Crippen LogP contribution in [0.4, 0.5) is 5.69 Å². The SMILES string of the molecule is CCCN1CC(Cc2ccccc2C)Oc2ccc(O)cc21. The maximum absolute atomic E-state index is 9.73. The highest BCUT2D eigenvalue weighted by Crippen LogP contribution is 2.36. The van der Waals surface area contributed by atoms with E-state index in [2.05, 4.69) is 43.0 Å². The fourth-order valence-electron chi connectivity index (χ4n) is 3.09. The average molecular weight is 297 g/mol. The Morgan fingerprint density at radius 1 is 1.23 bits per heavy atom. The van der Waals surface area contributed by atoms with Gasteiger partial charge in [-0.3, -0.25) is 0 Å². The van der Waals surface area contributed by atoms with E-state index in [0.29, 0.717) is 5.75 Å². The van der Waals surface area contributed by atoms with Gasteiger partial charge in [-0.15, -0.1) is 0 Å². The maximum Gasteiger partial charge on any atom is 0.143 e. The highest BCUT2D eigenvalue weighted by molar-refractivity contribution is 5.63. The molecular formula is C19H23NO2. The molecule has 22 heavy (non-hydrogen) atoms. The van der Waals surface area contributed by atoms with Crippen LogP contribution in [0.1, 0.15) is 24.5 Å². The van der Waals surface area contributed by atoms with Crippen molar-refractivity contribution in [1.82, 2.24) is 0 Å². The molecule has 3 nitrogen and oxygen atoms in total. The van der Waals surface area contributed by atoms with E-state index < -0.39 is 0 Å². The van der Waals surface area contributed by atoms with Crippen molar-refractivity contribution in [3.8, 4) is 11.5 Å². The molecule has 3 rings (SSSR count). The summed E-state index contributed by atoms with van der Waals surface area (Å²) in [5, 5.41) is 9.73. The standard InChI is InChI=1S/C19H23NO2/c1-3-10-20-13-17(11-15-7-5-4-6-14(15)2)22-19-9-8-16(21)12-18(19)20/h4-9,12,17,21H,3,10-11,13H2,1-2H3. The molecule has 1 N–H and O–H groups in total. The second-order valence-electron chi connectivity index (χ2n) is 5.97. The molecule has 0 saturated carbocycles. The number of hydrogen-bond acceptors (Lipinski definition) is 3. The van der Waals surface area contributed by atoms with Crippen molar-refractivity contribution >= 4 is 5.69 Å². The quantitative estimate of drug-likeness (QED) is 0.928. The van der Waals surface area contributed by atoms with Gasteiger partial charge in [0.05, 0.1) is 12.2 Å². The Kier molecular flexibility index (Phi) is 4.23. The second-order valence-corrected chi connectivity index (χ2v) is 5.97. The lowest BCUT2D eigenvalue weighted by Gasteiger charge is -2.36. The number of aromatic hydroxyl groups is 1. The Morgan fingerprint density at radius 3 is 2.82 bits per heavy atom. The zero-order chi connectivity index (χ0) is 15.5. The molecule has 1 aliphatic rings. The Balaban J connectivity index is 1.84. The fraction of sp³-hybridized carbons (Fsp3) is 0.368. The first-order chi connectivity index (χ1) is 10.7. The van der Waals surface area contributed by atoms with Gasteiger partial charge in [0, 0.05) is 19.0 Å². The number of hydrogen-bond donors (Lipinski definition) is 1. The van der Waals surface area contributed by atoms with Crippen molar-refractivity contribution in [2.75, 3.05) is 18.0 Å². The molecule has 0 aliphatic carbocycles. The van der Waals surface area contributed by atoms with Crippen LogP contribution in [0.3, 0.4) is 0 Å². The van der Waals surface area contributed by atoms with Crippen LogP contribution in [0.25, 0.3) is 0 Å². The normalized spacial score (nSPS) is 17.0. The summed E-state index contributed by atoms with van der Waals surface area (Å²) in [6, 6.07) is 13.8. The fourth-order valence-corrected chi connectivity index (χ4v) is 3.09.